The standard InChI is InChI=1S/C9H6BrN3/c1-6-2-9-12-8(10)5-13(9)4-7(6)3-11/h2,4-5H,1H3. The van der Waals surface area contributed by atoms with Gasteiger partial charge in [0.25, 0.3) is 0 Å². The van der Waals surface area contributed by atoms with E-state index in [0.717, 1.165) is 15.8 Å². The zero-order valence-electron chi connectivity index (χ0n) is 6.95. The maximum absolute atomic E-state index is 8.79. The van der Waals surface area contributed by atoms with Crippen molar-refractivity contribution in [1.82, 2.24) is 9.38 Å². The fourth-order valence-corrected chi connectivity index (χ4v) is 1.62. The van der Waals surface area contributed by atoms with Crippen LogP contribution in [0, 0.1) is 18.3 Å². The zero-order valence-corrected chi connectivity index (χ0v) is 8.54. The molecule has 0 bridgehead atoms. The normalized spacial score (nSPS) is 10.2. The van der Waals surface area contributed by atoms with E-state index in [9.17, 15) is 0 Å². The van der Waals surface area contributed by atoms with E-state index in [0.29, 0.717) is 5.56 Å². The molecule has 0 unspecified atom stereocenters. The highest BCUT2D eigenvalue weighted by Crippen LogP contribution is 2.14. The largest absolute Gasteiger partial charge is 0.305 e. The van der Waals surface area contributed by atoms with Crippen LogP contribution in [0.1, 0.15) is 11.1 Å². The predicted molar refractivity (Wildman–Crippen MR) is 52.3 cm³/mol. The lowest BCUT2D eigenvalue weighted by Crippen LogP contribution is -1.89. The third-order valence-electron chi connectivity index (χ3n) is 1.89. The van der Waals surface area contributed by atoms with Gasteiger partial charge in [0.2, 0.25) is 0 Å². The van der Waals surface area contributed by atoms with Gasteiger partial charge in [-0.05, 0) is 34.5 Å². The molecular formula is C9H6BrN3. The van der Waals surface area contributed by atoms with Crippen LogP contribution in [0.3, 0.4) is 0 Å². The lowest BCUT2D eigenvalue weighted by Gasteiger charge is -1.97. The molecular weight excluding hydrogens is 230 g/mol. The third-order valence-corrected chi connectivity index (χ3v) is 2.27. The van der Waals surface area contributed by atoms with Crippen molar-refractivity contribution in [1.29, 1.82) is 5.26 Å². The molecule has 0 spiro atoms. The summed E-state index contributed by atoms with van der Waals surface area (Å²) in [6.45, 7) is 1.90. The second-order valence-corrected chi connectivity index (χ2v) is 3.62. The number of fused-ring (bicyclic) bond motifs is 1. The summed E-state index contributed by atoms with van der Waals surface area (Å²) in [5, 5.41) is 8.79. The van der Waals surface area contributed by atoms with Gasteiger partial charge < -0.3 is 4.40 Å². The average Bonchev–Trinajstić information content (AvgIpc) is 2.42. The topological polar surface area (TPSA) is 41.1 Å². The number of halogens is 1. The number of aryl methyl sites for hydroxylation is 1. The molecule has 0 aliphatic heterocycles. The predicted octanol–water partition coefficient (Wildman–Crippen LogP) is 2.28. The summed E-state index contributed by atoms with van der Waals surface area (Å²) < 4.78 is 2.61. The first-order valence-electron chi connectivity index (χ1n) is 3.75. The Kier molecular flexibility index (Phi) is 1.82. The fourth-order valence-electron chi connectivity index (χ4n) is 1.22. The Morgan fingerprint density at radius 3 is 3.00 bits per heavy atom. The van der Waals surface area contributed by atoms with Crippen molar-refractivity contribution in [2.24, 2.45) is 0 Å². The number of rotatable bonds is 0. The molecule has 0 fully saturated rings. The Labute approximate surface area is 83.8 Å². The van der Waals surface area contributed by atoms with Gasteiger partial charge in [-0.2, -0.15) is 5.26 Å². The maximum atomic E-state index is 8.79. The van der Waals surface area contributed by atoms with Gasteiger partial charge in [0.15, 0.2) is 0 Å². The Bertz CT molecular complexity index is 507. The molecule has 64 valence electrons. The first kappa shape index (κ1) is 8.27. The minimum Gasteiger partial charge on any atom is -0.305 e. The van der Waals surface area contributed by atoms with E-state index >= 15 is 0 Å². The van der Waals surface area contributed by atoms with Gasteiger partial charge in [0.1, 0.15) is 16.3 Å². The van der Waals surface area contributed by atoms with Crippen LogP contribution in [-0.4, -0.2) is 9.38 Å². The van der Waals surface area contributed by atoms with Crippen molar-refractivity contribution in [2.45, 2.75) is 6.92 Å². The molecule has 0 aromatic carbocycles. The minimum absolute atomic E-state index is 0.678. The SMILES string of the molecule is Cc1cc2nc(Br)cn2cc1C#N. The molecule has 0 atom stereocenters. The molecule has 0 aliphatic rings. The highest BCUT2D eigenvalue weighted by Gasteiger charge is 2.02. The zero-order chi connectivity index (χ0) is 9.42. The Morgan fingerprint density at radius 2 is 2.31 bits per heavy atom. The van der Waals surface area contributed by atoms with Crippen LogP contribution in [0.2, 0.25) is 0 Å². The molecule has 2 rings (SSSR count). The lowest BCUT2D eigenvalue weighted by atomic mass is 10.2. The van der Waals surface area contributed by atoms with Crippen molar-refractivity contribution in [3.63, 3.8) is 0 Å². The first-order valence-corrected chi connectivity index (χ1v) is 4.55. The summed E-state index contributed by atoms with van der Waals surface area (Å²) in [4.78, 5) is 4.22. The van der Waals surface area contributed by atoms with E-state index in [2.05, 4.69) is 27.0 Å². The van der Waals surface area contributed by atoms with E-state index in [4.69, 9.17) is 5.26 Å². The van der Waals surface area contributed by atoms with Gasteiger partial charge in [0, 0.05) is 12.4 Å². The Hall–Kier alpha value is -1.34. The van der Waals surface area contributed by atoms with Crippen LogP contribution in [-0.2, 0) is 0 Å². The summed E-state index contributed by atoms with van der Waals surface area (Å²) in [6, 6.07) is 4.02. The number of hydrogen-bond donors (Lipinski definition) is 0. The van der Waals surface area contributed by atoms with Crippen LogP contribution >= 0.6 is 15.9 Å². The van der Waals surface area contributed by atoms with Crippen LogP contribution in [0.25, 0.3) is 5.65 Å². The summed E-state index contributed by atoms with van der Waals surface area (Å²) in [5.41, 5.74) is 2.48. The fraction of sp³-hybridized carbons (Fsp3) is 0.111. The Morgan fingerprint density at radius 1 is 1.54 bits per heavy atom. The monoisotopic (exact) mass is 235 g/mol. The number of nitriles is 1. The second-order valence-electron chi connectivity index (χ2n) is 2.81. The molecule has 0 amide bonds. The van der Waals surface area contributed by atoms with Crippen LogP contribution in [0.4, 0.5) is 0 Å². The molecule has 0 radical (unpaired) electrons. The number of hydrogen-bond acceptors (Lipinski definition) is 2. The summed E-state index contributed by atoms with van der Waals surface area (Å²) >= 11 is 3.28. The summed E-state index contributed by atoms with van der Waals surface area (Å²) in [6.07, 6.45) is 3.61. The molecule has 2 heterocycles. The maximum Gasteiger partial charge on any atom is 0.138 e. The average molecular weight is 236 g/mol. The quantitative estimate of drug-likeness (QED) is 0.704. The lowest BCUT2D eigenvalue weighted by molar-refractivity contribution is 1.15. The molecule has 13 heavy (non-hydrogen) atoms. The Balaban J connectivity index is 2.82. The van der Waals surface area contributed by atoms with E-state index < -0.39 is 0 Å². The summed E-state index contributed by atoms with van der Waals surface area (Å²) in [5.74, 6) is 0. The van der Waals surface area contributed by atoms with Gasteiger partial charge in [-0.3, -0.25) is 0 Å². The van der Waals surface area contributed by atoms with Gasteiger partial charge >= 0.3 is 0 Å². The molecule has 0 saturated carbocycles. The first-order chi connectivity index (χ1) is 6.20. The molecule has 0 N–H and O–H groups in total. The number of nitrogens with zero attached hydrogens (tertiary/aromatic N) is 3. The van der Waals surface area contributed by atoms with Crippen molar-refractivity contribution in [3.8, 4) is 6.07 Å². The van der Waals surface area contributed by atoms with E-state index in [1.807, 2.05) is 23.6 Å². The second kappa shape index (κ2) is 2.86. The van der Waals surface area contributed by atoms with Crippen LogP contribution in [0.5, 0.6) is 0 Å². The molecule has 0 aliphatic carbocycles. The molecule has 3 nitrogen and oxygen atoms in total. The molecule has 2 aromatic rings. The van der Waals surface area contributed by atoms with E-state index in [1.54, 1.807) is 6.20 Å². The van der Waals surface area contributed by atoms with E-state index in [1.165, 1.54) is 0 Å². The summed E-state index contributed by atoms with van der Waals surface area (Å²) in [7, 11) is 0. The number of aromatic nitrogens is 2. The van der Waals surface area contributed by atoms with Crippen LogP contribution < -0.4 is 0 Å². The smallest absolute Gasteiger partial charge is 0.138 e. The highest BCUT2D eigenvalue weighted by molar-refractivity contribution is 9.10. The van der Waals surface area contributed by atoms with Crippen molar-refractivity contribution in [2.75, 3.05) is 0 Å². The van der Waals surface area contributed by atoms with Gasteiger partial charge in [-0.25, -0.2) is 4.98 Å². The number of imidazole rings is 1. The third kappa shape index (κ3) is 1.31. The van der Waals surface area contributed by atoms with Crippen molar-refractivity contribution in [3.05, 3.63) is 34.2 Å². The van der Waals surface area contributed by atoms with Gasteiger partial charge in [-0.1, -0.05) is 0 Å². The van der Waals surface area contributed by atoms with Crippen molar-refractivity contribution < 1.29 is 0 Å². The highest BCUT2D eigenvalue weighted by atomic mass is 79.9. The minimum atomic E-state index is 0.678. The van der Waals surface area contributed by atoms with E-state index in [-0.39, 0.29) is 0 Å². The molecule has 4 heteroatoms. The van der Waals surface area contributed by atoms with Gasteiger partial charge in [-0.15, -0.1) is 0 Å². The van der Waals surface area contributed by atoms with Crippen LogP contribution in [0.15, 0.2) is 23.1 Å². The molecule has 0 saturated heterocycles. The number of pyridine rings is 1. The molecule has 2 aromatic heterocycles. The van der Waals surface area contributed by atoms with Gasteiger partial charge in [0.05, 0.1) is 5.56 Å². The van der Waals surface area contributed by atoms with Crippen molar-refractivity contribution >= 4 is 21.6 Å².